The number of aromatic nitrogens is 3. The zero-order valence-corrected chi connectivity index (χ0v) is 33.8. The molecule has 0 bridgehead atoms. The summed E-state index contributed by atoms with van der Waals surface area (Å²) in [4.78, 5) is 10.8. The van der Waals surface area contributed by atoms with E-state index in [0.717, 1.165) is 45.6 Å². The minimum absolute atomic E-state index is 0.704. The quantitative estimate of drug-likeness (QED) is 0.174. The molecule has 0 spiro atoms. The number of nitrogens with zero attached hydrogens (tertiary/aromatic N) is 3. The predicted molar refractivity (Wildman–Crippen MR) is 257 cm³/mol. The van der Waals surface area contributed by atoms with Gasteiger partial charge in [0.2, 0.25) is 0 Å². The summed E-state index contributed by atoms with van der Waals surface area (Å²) in [7, 11) is 0. The van der Waals surface area contributed by atoms with Gasteiger partial charge in [-0.05, 0) is 99.6 Å². The monoisotopic (exact) mass is 793 g/mol. The Balaban J connectivity index is 1.08. The fourth-order valence-corrected chi connectivity index (χ4v) is 10.9. The third-order valence-electron chi connectivity index (χ3n) is 12.6. The fraction of sp³-hybridized carbons (Fsp3) is 0.0175. The Labute approximate surface area is 356 Å². The summed E-state index contributed by atoms with van der Waals surface area (Å²) in [6.45, 7) is 0. The molecule has 12 aromatic rings. The number of fused-ring (bicyclic) bond motifs is 10. The van der Waals surface area contributed by atoms with Crippen molar-refractivity contribution in [1.82, 2.24) is 14.5 Å². The summed E-state index contributed by atoms with van der Waals surface area (Å²) in [5, 5.41) is 7.53. The highest BCUT2D eigenvalue weighted by Gasteiger charge is 2.26. The predicted octanol–water partition coefficient (Wildman–Crippen LogP) is 15.3. The van der Waals surface area contributed by atoms with E-state index in [4.69, 9.17) is 9.97 Å². The number of rotatable bonds is 5. The second-order valence-corrected chi connectivity index (χ2v) is 17.2. The van der Waals surface area contributed by atoms with Gasteiger partial charge < -0.3 is 4.57 Å². The highest BCUT2D eigenvalue weighted by Crippen LogP contribution is 2.46. The van der Waals surface area contributed by atoms with E-state index in [-0.39, 0.29) is 0 Å². The standard InChI is InChI=1S/C57H35N3S/c1-2-13-35(14-3-1)36-18-12-19-41(27-36)57-58-49(40-25-26-47-46-22-9-11-24-54(46)61-55(47)33-40)34-50(59-57)42-29-43-28-39-17-6-7-20-44(39)56(43)53(32-42)60-51-23-10-8-21-45(51)48-30-37-15-4-5-16-38(37)31-52(48)60/h1-27,29-34H,28H2. The average molecular weight is 794 g/mol. The molecule has 0 radical (unpaired) electrons. The van der Waals surface area contributed by atoms with Crippen molar-refractivity contribution >= 4 is 64.1 Å². The van der Waals surface area contributed by atoms with Crippen LogP contribution >= 0.6 is 11.3 Å². The van der Waals surface area contributed by atoms with Crippen LogP contribution in [0, 0.1) is 0 Å². The Morgan fingerprint density at radius 2 is 1.10 bits per heavy atom. The molecule has 0 amide bonds. The summed E-state index contributed by atoms with van der Waals surface area (Å²) in [6, 6.07) is 72.8. The van der Waals surface area contributed by atoms with Gasteiger partial charge in [0.05, 0.1) is 28.1 Å². The third-order valence-corrected chi connectivity index (χ3v) is 13.7. The topological polar surface area (TPSA) is 30.7 Å². The van der Waals surface area contributed by atoms with Crippen LogP contribution in [0.2, 0.25) is 0 Å². The van der Waals surface area contributed by atoms with E-state index >= 15 is 0 Å². The van der Waals surface area contributed by atoms with Crippen molar-refractivity contribution in [1.29, 1.82) is 0 Å². The maximum absolute atomic E-state index is 5.48. The lowest BCUT2D eigenvalue weighted by molar-refractivity contribution is 1.16. The molecule has 4 heteroatoms. The summed E-state index contributed by atoms with van der Waals surface area (Å²) in [6.07, 6.45) is 0.860. The second kappa shape index (κ2) is 13.4. The lowest BCUT2D eigenvalue weighted by Crippen LogP contribution is -2.01. The van der Waals surface area contributed by atoms with E-state index in [1.807, 2.05) is 11.3 Å². The number of benzene rings is 9. The van der Waals surface area contributed by atoms with Gasteiger partial charge in [0.15, 0.2) is 5.82 Å². The molecule has 9 aromatic carbocycles. The van der Waals surface area contributed by atoms with E-state index < -0.39 is 0 Å². The van der Waals surface area contributed by atoms with Crippen LogP contribution in [0.25, 0.3) is 115 Å². The van der Waals surface area contributed by atoms with E-state index in [9.17, 15) is 0 Å². The zero-order chi connectivity index (χ0) is 40.0. The van der Waals surface area contributed by atoms with Gasteiger partial charge in [-0.1, -0.05) is 146 Å². The van der Waals surface area contributed by atoms with Crippen LogP contribution in [0.3, 0.4) is 0 Å². The third kappa shape index (κ3) is 5.50. The lowest BCUT2D eigenvalue weighted by Gasteiger charge is -2.17. The number of para-hydroxylation sites is 1. The number of hydrogen-bond donors (Lipinski definition) is 0. The van der Waals surface area contributed by atoms with Crippen molar-refractivity contribution in [3.63, 3.8) is 0 Å². The maximum Gasteiger partial charge on any atom is 0.160 e. The number of hydrogen-bond acceptors (Lipinski definition) is 3. The number of thiophene rings is 1. The summed E-state index contributed by atoms with van der Waals surface area (Å²) < 4.78 is 5.05. The molecular formula is C57H35N3S. The van der Waals surface area contributed by atoms with E-state index in [2.05, 4.69) is 205 Å². The molecule has 0 atom stereocenters. The van der Waals surface area contributed by atoms with E-state index in [0.29, 0.717) is 5.82 Å². The maximum atomic E-state index is 5.48. The van der Waals surface area contributed by atoms with Gasteiger partial charge >= 0.3 is 0 Å². The Morgan fingerprint density at radius 1 is 0.393 bits per heavy atom. The molecule has 3 heterocycles. The molecule has 0 unspecified atom stereocenters. The smallest absolute Gasteiger partial charge is 0.160 e. The first kappa shape index (κ1) is 34.2. The van der Waals surface area contributed by atoms with Gasteiger partial charge in [0, 0.05) is 53.2 Å². The first-order valence-corrected chi connectivity index (χ1v) is 21.7. The molecule has 3 nitrogen and oxygen atoms in total. The van der Waals surface area contributed by atoms with Crippen molar-refractivity contribution in [2.24, 2.45) is 0 Å². The van der Waals surface area contributed by atoms with Gasteiger partial charge in [-0.2, -0.15) is 0 Å². The molecule has 0 saturated heterocycles. The SMILES string of the molecule is c1ccc(-c2cccc(-c3nc(-c4cc5c(c(-n6c7ccccc7c7cc8ccccc8cc76)c4)-c4ccccc4C5)cc(-c4ccc5c(c4)sc4ccccc45)n3)c2)cc1. The molecule has 61 heavy (non-hydrogen) atoms. The molecule has 0 aliphatic heterocycles. The van der Waals surface area contributed by atoms with Crippen LogP contribution in [0.15, 0.2) is 200 Å². The zero-order valence-electron chi connectivity index (χ0n) is 33.0. The van der Waals surface area contributed by atoms with Crippen molar-refractivity contribution in [2.75, 3.05) is 0 Å². The summed E-state index contributed by atoms with van der Waals surface area (Å²) in [5.74, 6) is 0.704. The molecule has 3 aromatic heterocycles. The summed E-state index contributed by atoms with van der Waals surface area (Å²) >= 11 is 1.84. The van der Waals surface area contributed by atoms with Gasteiger partial charge in [-0.15, -0.1) is 11.3 Å². The molecule has 0 fully saturated rings. The molecular weight excluding hydrogens is 759 g/mol. The Bertz CT molecular complexity index is 3740. The molecule has 13 rings (SSSR count). The minimum atomic E-state index is 0.704. The minimum Gasteiger partial charge on any atom is -0.309 e. The van der Waals surface area contributed by atoms with E-state index in [1.54, 1.807) is 0 Å². The van der Waals surface area contributed by atoms with Crippen molar-refractivity contribution in [2.45, 2.75) is 6.42 Å². The second-order valence-electron chi connectivity index (χ2n) is 16.2. The van der Waals surface area contributed by atoms with Crippen LogP contribution in [0.5, 0.6) is 0 Å². The molecule has 1 aliphatic rings. The normalized spacial score (nSPS) is 12.2. The molecule has 0 saturated carbocycles. The van der Waals surface area contributed by atoms with Gasteiger partial charge in [-0.3, -0.25) is 0 Å². The van der Waals surface area contributed by atoms with Crippen LogP contribution in [-0.2, 0) is 6.42 Å². The highest BCUT2D eigenvalue weighted by atomic mass is 32.1. The first-order valence-electron chi connectivity index (χ1n) is 20.8. The first-order chi connectivity index (χ1) is 30.2. The van der Waals surface area contributed by atoms with Gasteiger partial charge in [0.25, 0.3) is 0 Å². The van der Waals surface area contributed by atoms with Crippen molar-refractivity contribution < 1.29 is 0 Å². The lowest BCUT2D eigenvalue weighted by atomic mass is 9.97. The van der Waals surface area contributed by atoms with Gasteiger partial charge in [-0.25, -0.2) is 9.97 Å². The average Bonchev–Trinajstić information content (AvgIpc) is 4.00. The molecule has 284 valence electrons. The Morgan fingerprint density at radius 3 is 2.00 bits per heavy atom. The van der Waals surface area contributed by atoms with Crippen molar-refractivity contribution in [3.8, 4) is 61.8 Å². The van der Waals surface area contributed by atoms with Crippen LogP contribution in [-0.4, -0.2) is 14.5 Å². The van der Waals surface area contributed by atoms with E-state index in [1.165, 1.54) is 80.7 Å². The Hall–Kier alpha value is -7.66. The van der Waals surface area contributed by atoms with Crippen LogP contribution < -0.4 is 0 Å². The summed E-state index contributed by atoms with van der Waals surface area (Å²) in [5.41, 5.74) is 16.0. The Kier molecular flexibility index (Phi) is 7.54. The molecule has 1 aliphatic carbocycles. The van der Waals surface area contributed by atoms with Crippen molar-refractivity contribution in [3.05, 3.63) is 211 Å². The molecule has 0 N–H and O–H groups in total. The van der Waals surface area contributed by atoms with Crippen LogP contribution in [0.4, 0.5) is 0 Å². The highest BCUT2D eigenvalue weighted by molar-refractivity contribution is 7.25. The van der Waals surface area contributed by atoms with Gasteiger partial charge in [0.1, 0.15) is 0 Å². The van der Waals surface area contributed by atoms with Crippen LogP contribution in [0.1, 0.15) is 11.1 Å². The largest absolute Gasteiger partial charge is 0.309 e. The fourth-order valence-electron chi connectivity index (χ4n) is 9.72.